The Bertz CT molecular complexity index is 580. The molecule has 2 saturated heterocycles. The van der Waals surface area contributed by atoms with Gasteiger partial charge in [-0.15, -0.1) is 0 Å². The minimum atomic E-state index is -1.01. The van der Waals surface area contributed by atoms with E-state index in [0.717, 1.165) is 5.56 Å². The fourth-order valence-corrected chi connectivity index (χ4v) is 2.96. The standard InChI is InChI=1S/C16H21N3O5/c1-10-22-9-12-15(23-10)14(20)13(18-19-17)16(24-12)21-8-7-11-5-3-2-4-6-11/h2-6,10,12-16,20H,7-9H2,1H3. The summed E-state index contributed by atoms with van der Waals surface area (Å²) in [7, 11) is 0. The van der Waals surface area contributed by atoms with E-state index in [4.69, 9.17) is 24.5 Å². The number of aliphatic hydroxyl groups excluding tert-OH is 1. The van der Waals surface area contributed by atoms with Crippen molar-refractivity contribution in [2.24, 2.45) is 5.11 Å². The van der Waals surface area contributed by atoms with Gasteiger partial charge in [0.25, 0.3) is 0 Å². The molecular weight excluding hydrogens is 314 g/mol. The number of benzene rings is 1. The van der Waals surface area contributed by atoms with Crippen molar-refractivity contribution in [1.29, 1.82) is 0 Å². The summed E-state index contributed by atoms with van der Waals surface area (Å²) in [5.41, 5.74) is 9.91. The van der Waals surface area contributed by atoms with Crippen LogP contribution in [0.3, 0.4) is 0 Å². The van der Waals surface area contributed by atoms with Crippen molar-refractivity contribution in [3.8, 4) is 0 Å². The zero-order chi connectivity index (χ0) is 16.9. The predicted octanol–water partition coefficient (Wildman–Crippen LogP) is 1.77. The molecule has 2 aliphatic heterocycles. The fraction of sp³-hybridized carbons (Fsp3) is 0.625. The van der Waals surface area contributed by atoms with E-state index in [1.165, 1.54) is 0 Å². The topological polar surface area (TPSA) is 106 Å². The highest BCUT2D eigenvalue weighted by Gasteiger charge is 2.48. The maximum absolute atomic E-state index is 10.5. The lowest BCUT2D eigenvalue weighted by atomic mass is 9.97. The Balaban J connectivity index is 1.63. The number of aliphatic hydroxyl groups is 1. The van der Waals surface area contributed by atoms with Crippen molar-refractivity contribution in [2.45, 2.75) is 50.3 Å². The third-order valence-electron chi connectivity index (χ3n) is 4.19. The van der Waals surface area contributed by atoms with Gasteiger partial charge in [0.1, 0.15) is 18.2 Å². The summed E-state index contributed by atoms with van der Waals surface area (Å²) in [5, 5.41) is 14.1. The minimum absolute atomic E-state index is 0.296. The van der Waals surface area contributed by atoms with Crippen LogP contribution in [-0.4, -0.2) is 55.3 Å². The molecule has 0 aromatic heterocycles. The van der Waals surface area contributed by atoms with E-state index in [1.54, 1.807) is 6.92 Å². The van der Waals surface area contributed by atoms with E-state index in [1.807, 2.05) is 30.3 Å². The van der Waals surface area contributed by atoms with E-state index in [0.29, 0.717) is 19.6 Å². The van der Waals surface area contributed by atoms with Gasteiger partial charge in [0, 0.05) is 4.91 Å². The smallest absolute Gasteiger partial charge is 0.169 e. The molecule has 2 fully saturated rings. The first kappa shape index (κ1) is 17.2. The number of hydrogen-bond donors (Lipinski definition) is 1. The second-order valence-electron chi connectivity index (χ2n) is 5.84. The molecule has 1 N–H and O–H groups in total. The fourth-order valence-electron chi connectivity index (χ4n) is 2.96. The van der Waals surface area contributed by atoms with Gasteiger partial charge in [-0.25, -0.2) is 0 Å². The van der Waals surface area contributed by atoms with Crippen LogP contribution >= 0.6 is 0 Å². The van der Waals surface area contributed by atoms with Crippen LogP contribution in [0.25, 0.3) is 10.4 Å². The van der Waals surface area contributed by atoms with Gasteiger partial charge in [0.05, 0.1) is 19.3 Å². The van der Waals surface area contributed by atoms with Crippen LogP contribution in [0.5, 0.6) is 0 Å². The summed E-state index contributed by atoms with van der Waals surface area (Å²) < 4.78 is 22.5. The highest BCUT2D eigenvalue weighted by atomic mass is 16.7. The van der Waals surface area contributed by atoms with Crippen molar-refractivity contribution < 1.29 is 24.1 Å². The monoisotopic (exact) mass is 335 g/mol. The van der Waals surface area contributed by atoms with Crippen molar-refractivity contribution in [2.75, 3.05) is 13.2 Å². The summed E-state index contributed by atoms with van der Waals surface area (Å²) in [6, 6.07) is 9.02. The molecule has 6 unspecified atom stereocenters. The molecule has 130 valence electrons. The van der Waals surface area contributed by atoms with Crippen molar-refractivity contribution >= 4 is 0 Å². The van der Waals surface area contributed by atoms with Gasteiger partial charge in [-0.3, -0.25) is 0 Å². The van der Waals surface area contributed by atoms with Gasteiger partial charge in [0.15, 0.2) is 12.6 Å². The molecule has 0 aliphatic carbocycles. The maximum Gasteiger partial charge on any atom is 0.169 e. The van der Waals surface area contributed by atoms with Crippen molar-refractivity contribution in [3.05, 3.63) is 46.3 Å². The quantitative estimate of drug-likeness (QED) is 0.501. The summed E-state index contributed by atoms with van der Waals surface area (Å²) >= 11 is 0. The van der Waals surface area contributed by atoms with Gasteiger partial charge in [-0.05, 0) is 24.4 Å². The third-order valence-corrected chi connectivity index (χ3v) is 4.19. The lowest BCUT2D eigenvalue weighted by molar-refractivity contribution is -0.335. The van der Waals surface area contributed by atoms with Crippen LogP contribution in [0, 0.1) is 0 Å². The number of hydrogen-bond acceptors (Lipinski definition) is 6. The van der Waals surface area contributed by atoms with E-state index in [2.05, 4.69) is 10.0 Å². The Labute approximate surface area is 139 Å². The normalized spacial score (nSPS) is 35.8. The van der Waals surface area contributed by atoms with Gasteiger partial charge in [-0.2, -0.15) is 0 Å². The molecule has 1 aromatic rings. The molecule has 2 heterocycles. The molecule has 2 aliphatic rings. The van der Waals surface area contributed by atoms with Gasteiger partial charge >= 0.3 is 0 Å². The second-order valence-corrected chi connectivity index (χ2v) is 5.84. The highest BCUT2D eigenvalue weighted by molar-refractivity contribution is 5.14. The number of azide groups is 1. The Kier molecular flexibility index (Phi) is 5.68. The Morgan fingerprint density at radius 3 is 2.88 bits per heavy atom. The summed E-state index contributed by atoms with van der Waals surface area (Å²) in [6.45, 7) is 2.42. The predicted molar refractivity (Wildman–Crippen MR) is 84.0 cm³/mol. The van der Waals surface area contributed by atoms with Crippen LogP contribution < -0.4 is 0 Å². The zero-order valence-electron chi connectivity index (χ0n) is 13.4. The molecule has 8 nitrogen and oxygen atoms in total. The molecule has 24 heavy (non-hydrogen) atoms. The third kappa shape index (κ3) is 3.87. The lowest BCUT2D eigenvalue weighted by Crippen LogP contribution is -2.62. The largest absolute Gasteiger partial charge is 0.390 e. The average molecular weight is 335 g/mol. The highest BCUT2D eigenvalue weighted by Crippen LogP contribution is 2.30. The molecule has 0 spiro atoms. The number of nitrogens with zero attached hydrogens (tertiary/aromatic N) is 3. The summed E-state index contributed by atoms with van der Waals surface area (Å²) in [4.78, 5) is 2.80. The molecule has 3 rings (SSSR count). The molecule has 0 bridgehead atoms. The van der Waals surface area contributed by atoms with Crippen LogP contribution in [0.2, 0.25) is 0 Å². The van der Waals surface area contributed by atoms with E-state index in [9.17, 15) is 5.11 Å². The van der Waals surface area contributed by atoms with Crippen LogP contribution in [0.1, 0.15) is 12.5 Å². The summed E-state index contributed by atoms with van der Waals surface area (Å²) in [6.07, 6.45) is -2.64. The minimum Gasteiger partial charge on any atom is -0.390 e. The van der Waals surface area contributed by atoms with Gasteiger partial charge in [0.2, 0.25) is 0 Å². The van der Waals surface area contributed by atoms with Crippen LogP contribution in [-0.2, 0) is 25.4 Å². The van der Waals surface area contributed by atoms with Crippen molar-refractivity contribution in [3.63, 3.8) is 0 Å². The van der Waals surface area contributed by atoms with E-state index in [-0.39, 0.29) is 0 Å². The molecule has 0 saturated carbocycles. The zero-order valence-corrected chi connectivity index (χ0v) is 13.4. The first-order chi connectivity index (χ1) is 11.7. The Hall–Kier alpha value is -1.67. The van der Waals surface area contributed by atoms with Gasteiger partial charge < -0.3 is 24.1 Å². The van der Waals surface area contributed by atoms with E-state index >= 15 is 0 Å². The van der Waals surface area contributed by atoms with E-state index < -0.39 is 36.9 Å². The van der Waals surface area contributed by atoms with Crippen molar-refractivity contribution in [1.82, 2.24) is 0 Å². The molecular formula is C16H21N3O5. The first-order valence-electron chi connectivity index (χ1n) is 7.99. The average Bonchev–Trinajstić information content (AvgIpc) is 2.60. The Morgan fingerprint density at radius 2 is 2.12 bits per heavy atom. The number of ether oxygens (including phenoxy) is 4. The number of fused-ring (bicyclic) bond motifs is 1. The summed E-state index contributed by atoms with van der Waals surface area (Å²) in [5.74, 6) is 0. The molecule has 0 radical (unpaired) electrons. The lowest BCUT2D eigenvalue weighted by Gasteiger charge is -2.46. The molecule has 0 amide bonds. The van der Waals surface area contributed by atoms with Crippen LogP contribution in [0.15, 0.2) is 35.4 Å². The molecule has 1 aromatic carbocycles. The first-order valence-corrected chi connectivity index (χ1v) is 7.99. The Morgan fingerprint density at radius 1 is 1.33 bits per heavy atom. The molecule has 6 atom stereocenters. The molecule has 8 heteroatoms. The second kappa shape index (κ2) is 7.94. The SMILES string of the molecule is CC1OCC2OC(OCCc3ccccc3)C(N=[N+]=[N-])C(O)C2O1. The number of rotatable bonds is 5. The van der Waals surface area contributed by atoms with Crippen LogP contribution in [0.4, 0.5) is 0 Å². The maximum atomic E-state index is 10.5. The van der Waals surface area contributed by atoms with Gasteiger partial charge in [-0.1, -0.05) is 35.4 Å².